The van der Waals surface area contributed by atoms with Gasteiger partial charge in [0.2, 0.25) is 5.91 Å². The molecule has 1 aromatic heterocycles. The standard InChI is InChI=1S/C20H20ClN3O/c1-2-11-24-14-23-18-12-15(7-9-19(18)24)13-22-20(25)10-8-16-5-3-4-6-17(16)21/h3-10,12,14H,2,11,13H2,1H3,(H,22,25). The Balaban J connectivity index is 1.62. The van der Waals surface area contributed by atoms with E-state index in [1.165, 1.54) is 6.08 Å². The number of nitrogens with zero attached hydrogens (tertiary/aromatic N) is 2. The molecule has 1 amide bonds. The van der Waals surface area contributed by atoms with Gasteiger partial charge in [-0.25, -0.2) is 4.98 Å². The third-order valence-electron chi connectivity index (χ3n) is 3.94. The summed E-state index contributed by atoms with van der Waals surface area (Å²) in [5.74, 6) is -0.156. The second kappa shape index (κ2) is 7.99. The van der Waals surface area contributed by atoms with Crippen LogP contribution >= 0.6 is 11.6 Å². The topological polar surface area (TPSA) is 46.9 Å². The molecule has 0 saturated heterocycles. The number of carbonyl (C=O) groups is 1. The third kappa shape index (κ3) is 4.28. The van der Waals surface area contributed by atoms with E-state index >= 15 is 0 Å². The third-order valence-corrected chi connectivity index (χ3v) is 4.28. The van der Waals surface area contributed by atoms with Crippen molar-refractivity contribution in [2.45, 2.75) is 26.4 Å². The molecule has 0 atom stereocenters. The zero-order valence-electron chi connectivity index (χ0n) is 14.1. The van der Waals surface area contributed by atoms with Crippen molar-refractivity contribution in [2.24, 2.45) is 0 Å². The quantitative estimate of drug-likeness (QED) is 0.666. The highest BCUT2D eigenvalue weighted by Gasteiger charge is 2.04. The Morgan fingerprint density at radius 2 is 2.12 bits per heavy atom. The van der Waals surface area contributed by atoms with Crippen molar-refractivity contribution in [3.05, 3.63) is 71.0 Å². The van der Waals surface area contributed by atoms with Crippen molar-refractivity contribution in [3.63, 3.8) is 0 Å². The number of imidazole rings is 1. The highest BCUT2D eigenvalue weighted by molar-refractivity contribution is 6.32. The summed E-state index contributed by atoms with van der Waals surface area (Å²) in [6.07, 6.45) is 6.15. The number of hydrogen-bond acceptors (Lipinski definition) is 2. The lowest BCUT2D eigenvalue weighted by atomic mass is 10.2. The maximum atomic E-state index is 12.0. The van der Waals surface area contributed by atoms with E-state index in [9.17, 15) is 4.79 Å². The molecule has 0 unspecified atom stereocenters. The smallest absolute Gasteiger partial charge is 0.244 e. The molecular weight excluding hydrogens is 334 g/mol. The number of halogens is 1. The van der Waals surface area contributed by atoms with Crippen LogP contribution in [0, 0.1) is 0 Å². The van der Waals surface area contributed by atoms with Gasteiger partial charge in [0.05, 0.1) is 17.4 Å². The lowest BCUT2D eigenvalue weighted by Gasteiger charge is -2.05. The summed E-state index contributed by atoms with van der Waals surface area (Å²) >= 11 is 6.07. The Kier molecular flexibility index (Phi) is 5.51. The molecule has 25 heavy (non-hydrogen) atoms. The van der Waals surface area contributed by atoms with Crippen LogP contribution in [0.5, 0.6) is 0 Å². The van der Waals surface area contributed by atoms with E-state index in [2.05, 4.69) is 27.9 Å². The summed E-state index contributed by atoms with van der Waals surface area (Å²) in [4.78, 5) is 16.4. The fraction of sp³-hybridized carbons (Fsp3) is 0.200. The molecule has 0 aliphatic carbocycles. The van der Waals surface area contributed by atoms with E-state index in [0.717, 1.165) is 35.1 Å². The molecule has 0 spiro atoms. The molecule has 0 radical (unpaired) electrons. The van der Waals surface area contributed by atoms with Crippen LogP contribution in [0.25, 0.3) is 17.1 Å². The molecule has 5 heteroatoms. The number of amides is 1. The second-order valence-corrected chi connectivity index (χ2v) is 6.24. The van der Waals surface area contributed by atoms with Crippen LogP contribution in [-0.4, -0.2) is 15.5 Å². The Labute approximate surface area is 152 Å². The van der Waals surface area contributed by atoms with Gasteiger partial charge in [0, 0.05) is 24.2 Å². The van der Waals surface area contributed by atoms with E-state index in [1.807, 2.05) is 36.7 Å². The molecule has 2 aromatic carbocycles. The van der Waals surface area contributed by atoms with Gasteiger partial charge in [-0.1, -0.05) is 42.8 Å². The number of hydrogen-bond donors (Lipinski definition) is 1. The first kappa shape index (κ1) is 17.2. The van der Waals surface area contributed by atoms with Gasteiger partial charge in [-0.3, -0.25) is 4.79 Å². The summed E-state index contributed by atoms with van der Waals surface area (Å²) in [6.45, 7) is 3.56. The summed E-state index contributed by atoms with van der Waals surface area (Å²) < 4.78 is 2.14. The van der Waals surface area contributed by atoms with Crippen molar-refractivity contribution < 1.29 is 4.79 Å². The number of aryl methyl sites for hydroxylation is 1. The van der Waals surface area contributed by atoms with E-state index < -0.39 is 0 Å². The van der Waals surface area contributed by atoms with Gasteiger partial charge >= 0.3 is 0 Å². The summed E-state index contributed by atoms with van der Waals surface area (Å²) in [7, 11) is 0. The number of fused-ring (bicyclic) bond motifs is 1. The number of nitrogens with one attached hydrogen (secondary N) is 1. The number of carbonyl (C=O) groups excluding carboxylic acids is 1. The zero-order valence-corrected chi connectivity index (χ0v) is 14.8. The first-order chi connectivity index (χ1) is 12.2. The highest BCUT2D eigenvalue weighted by atomic mass is 35.5. The van der Waals surface area contributed by atoms with Gasteiger partial charge < -0.3 is 9.88 Å². The Morgan fingerprint density at radius 1 is 1.28 bits per heavy atom. The largest absolute Gasteiger partial charge is 0.348 e. The van der Waals surface area contributed by atoms with E-state index in [1.54, 1.807) is 12.1 Å². The molecule has 128 valence electrons. The van der Waals surface area contributed by atoms with Crippen LogP contribution in [0.4, 0.5) is 0 Å². The molecule has 4 nitrogen and oxygen atoms in total. The first-order valence-corrected chi connectivity index (χ1v) is 8.69. The maximum Gasteiger partial charge on any atom is 0.244 e. The van der Waals surface area contributed by atoms with Crippen molar-refractivity contribution in [3.8, 4) is 0 Å². The van der Waals surface area contributed by atoms with E-state index in [0.29, 0.717) is 11.6 Å². The predicted molar refractivity (Wildman–Crippen MR) is 102 cm³/mol. The van der Waals surface area contributed by atoms with Crippen molar-refractivity contribution in [1.29, 1.82) is 0 Å². The van der Waals surface area contributed by atoms with Crippen LogP contribution in [0.3, 0.4) is 0 Å². The molecule has 1 N–H and O–H groups in total. The van der Waals surface area contributed by atoms with Crippen molar-refractivity contribution in [1.82, 2.24) is 14.9 Å². The molecule has 0 saturated carbocycles. The molecular formula is C20H20ClN3O. The molecule has 3 aromatic rings. The van der Waals surface area contributed by atoms with Crippen molar-refractivity contribution >= 4 is 34.6 Å². The van der Waals surface area contributed by atoms with Gasteiger partial charge in [0.15, 0.2) is 0 Å². The van der Waals surface area contributed by atoms with Crippen molar-refractivity contribution in [2.75, 3.05) is 0 Å². The minimum Gasteiger partial charge on any atom is -0.348 e. The minimum absolute atomic E-state index is 0.156. The van der Waals surface area contributed by atoms with Crippen LogP contribution in [0.2, 0.25) is 5.02 Å². The number of aromatic nitrogens is 2. The molecule has 0 aliphatic rings. The molecule has 0 bridgehead atoms. The van der Waals surface area contributed by atoms with Crippen LogP contribution < -0.4 is 5.32 Å². The molecule has 3 rings (SSSR count). The maximum absolute atomic E-state index is 12.0. The Hall–Kier alpha value is -2.59. The van der Waals surface area contributed by atoms with Gasteiger partial charge in [-0.15, -0.1) is 0 Å². The van der Waals surface area contributed by atoms with E-state index in [-0.39, 0.29) is 5.91 Å². The summed E-state index contributed by atoms with van der Waals surface area (Å²) in [5.41, 5.74) is 3.92. The first-order valence-electron chi connectivity index (χ1n) is 8.31. The number of rotatable bonds is 6. The molecule has 0 fully saturated rings. The normalized spacial score (nSPS) is 11.3. The predicted octanol–water partition coefficient (Wildman–Crippen LogP) is 4.43. The summed E-state index contributed by atoms with van der Waals surface area (Å²) in [6, 6.07) is 13.5. The van der Waals surface area contributed by atoms with Crippen LogP contribution in [0.15, 0.2) is 54.9 Å². The second-order valence-electron chi connectivity index (χ2n) is 5.83. The van der Waals surface area contributed by atoms with Gasteiger partial charge in [-0.2, -0.15) is 0 Å². The Morgan fingerprint density at radius 3 is 2.92 bits per heavy atom. The van der Waals surface area contributed by atoms with Gasteiger partial charge in [0.1, 0.15) is 0 Å². The fourth-order valence-electron chi connectivity index (χ4n) is 2.66. The minimum atomic E-state index is -0.156. The summed E-state index contributed by atoms with van der Waals surface area (Å²) in [5, 5.41) is 3.51. The van der Waals surface area contributed by atoms with Gasteiger partial charge in [0.25, 0.3) is 0 Å². The lowest BCUT2D eigenvalue weighted by molar-refractivity contribution is -0.116. The monoisotopic (exact) mass is 353 g/mol. The molecule has 1 heterocycles. The molecule has 0 aliphatic heterocycles. The highest BCUT2D eigenvalue weighted by Crippen LogP contribution is 2.17. The Bertz CT molecular complexity index is 914. The number of benzene rings is 2. The van der Waals surface area contributed by atoms with E-state index in [4.69, 9.17) is 11.6 Å². The van der Waals surface area contributed by atoms with Gasteiger partial charge in [-0.05, 0) is 41.8 Å². The SMILES string of the molecule is CCCn1cnc2cc(CNC(=O)C=Cc3ccccc3Cl)ccc21. The zero-order chi connectivity index (χ0) is 17.6. The fourth-order valence-corrected chi connectivity index (χ4v) is 2.86. The average molecular weight is 354 g/mol. The van der Waals surface area contributed by atoms with Crippen LogP contribution in [0.1, 0.15) is 24.5 Å². The van der Waals surface area contributed by atoms with Crippen LogP contribution in [-0.2, 0) is 17.9 Å². The lowest BCUT2D eigenvalue weighted by Crippen LogP contribution is -2.20. The average Bonchev–Trinajstić information content (AvgIpc) is 3.02.